The lowest BCUT2D eigenvalue weighted by Gasteiger charge is -2.09. The molecule has 0 saturated heterocycles. The van der Waals surface area contributed by atoms with Gasteiger partial charge in [0.2, 0.25) is 0 Å². The number of carbonyl (C=O) groups excluding carboxylic acids is 1. The standard InChI is InChI=1S/C15H22N6O2/c1-11-12(10-17-19(11)2)14(22)16-7-5-9-21-15(23)20-8-4-3-6-13(20)18-21/h10H,3-9H2,1-2H3,(H,16,22). The van der Waals surface area contributed by atoms with E-state index >= 15 is 0 Å². The highest BCUT2D eigenvalue weighted by Gasteiger charge is 2.16. The summed E-state index contributed by atoms with van der Waals surface area (Å²) in [5.41, 5.74) is 1.39. The van der Waals surface area contributed by atoms with Crippen molar-refractivity contribution in [2.45, 2.75) is 45.7 Å². The number of aryl methyl sites for hydroxylation is 3. The van der Waals surface area contributed by atoms with Crippen LogP contribution in [0.2, 0.25) is 0 Å². The van der Waals surface area contributed by atoms with Gasteiger partial charge >= 0.3 is 5.69 Å². The van der Waals surface area contributed by atoms with Gasteiger partial charge in [0, 0.05) is 38.8 Å². The van der Waals surface area contributed by atoms with E-state index in [-0.39, 0.29) is 11.6 Å². The lowest BCUT2D eigenvalue weighted by Crippen LogP contribution is -2.29. The van der Waals surface area contributed by atoms with Crippen LogP contribution in [-0.2, 0) is 26.6 Å². The average molecular weight is 318 g/mol. The van der Waals surface area contributed by atoms with Crippen molar-refractivity contribution in [3.05, 3.63) is 33.8 Å². The fourth-order valence-corrected chi connectivity index (χ4v) is 2.84. The maximum absolute atomic E-state index is 12.2. The largest absolute Gasteiger partial charge is 0.352 e. The molecule has 0 aromatic carbocycles. The van der Waals surface area contributed by atoms with Crippen molar-refractivity contribution < 1.29 is 4.79 Å². The van der Waals surface area contributed by atoms with Gasteiger partial charge in [-0.15, -0.1) is 0 Å². The number of aromatic nitrogens is 5. The van der Waals surface area contributed by atoms with Crippen LogP contribution < -0.4 is 11.0 Å². The summed E-state index contributed by atoms with van der Waals surface area (Å²) in [6, 6.07) is 0. The van der Waals surface area contributed by atoms with Gasteiger partial charge in [0.1, 0.15) is 5.82 Å². The lowest BCUT2D eigenvalue weighted by atomic mass is 10.2. The summed E-state index contributed by atoms with van der Waals surface area (Å²) in [7, 11) is 1.80. The molecule has 3 heterocycles. The van der Waals surface area contributed by atoms with Crippen molar-refractivity contribution in [1.82, 2.24) is 29.4 Å². The average Bonchev–Trinajstić information content (AvgIpc) is 3.05. The Morgan fingerprint density at radius 2 is 2.22 bits per heavy atom. The van der Waals surface area contributed by atoms with E-state index in [9.17, 15) is 9.59 Å². The van der Waals surface area contributed by atoms with Crippen molar-refractivity contribution in [2.75, 3.05) is 6.54 Å². The zero-order valence-corrected chi connectivity index (χ0v) is 13.6. The van der Waals surface area contributed by atoms with Crippen LogP contribution >= 0.6 is 0 Å². The highest BCUT2D eigenvalue weighted by atomic mass is 16.2. The minimum absolute atomic E-state index is 0.0332. The lowest BCUT2D eigenvalue weighted by molar-refractivity contribution is 0.0952. The Labute approximate surface area is 134 Å². The first kappa shape index (κ1) is 15.5. The molecule has 23 heavy (non-hydrogen) atoms. The quantitative estimate of drug-likeness (QED) is 0.800. The molecule has 0 spiro atoms. The molecular formula is C15H22N6O2. The van der Waals surface area contributed by atoms with Crippen LogP contribution in [0.25, 0.3) is 0 Å². The Bertz CT molecular complexity index is 770. The van der Waals surface area contributed by atoms with Crippen LogP contribution in [0.5, 0.6) is 0 Å². The molecule has 8 heteroatoms. The maximum atomic E-state index is 12.2. The molecule has 2 aromatic rings. The first-order valence-corrected chi connectivity index (χ1v) is 8.01. The third-order valence-electron chi connectivity index (χ3n) is 4.34. The minimum Gasteiger partial charge on any atom is -0.352 e. The second-order valence-corrected chi connectivity index (χ2v) is 5.91. The molecule has 124 valence electrons. The van der Waals surface area contributed by atoms with E-state index in [4.69, 9.17) is 0 Å². The van der Waals surface area contributed by atoms with Crippen LogP contribution in [-0.4, -0.2) is 36.6 Å². The summed E-state index contributed by atoms with van der Waals surface area (Å²) in [6.07, 6.45) is 5.25. The second kappa shape index (κ2) is 6.39. The number of nitrogens with zero attached hydrogens (tertiary/aromatic N) is 5. The summed E-state index contributed by atoms with van der Waals surface area (Å²) in [5, 5.41) is 11.3. The number of fused-ring (bicyclic) bond motifs is 1. The molecule has 1 aliphatic heterocycles. The van der Waals surface area contributed by atoms with Crippen molar-refractivity contribution in [3.8, 4) is 0 Å². The summed E-state index contributed by atoms with van der Waals surface area (Å²) in [5.74, 6) is 0.753. The monoisotopic (exact) mass is 318 g/mol. The molecule has 0 aliphatic carbocycles. The van der Waals surface area contributed by atoms with Crippen LogP contribution in [0, 0.1) is 6.92 Å². The first-order valence-electron chi connectivity index (χ1n) is 8.01. The highest BCUT2D eigenvalue weighted by Crippen LogP contribution is 2.09. The predicted molar refractivity (Wildman–Crippen MR) is 84.3 cm³/mol. The summed E-state index contributed by atoms with van der Waals surface area (Å²) < 4.78 is 4.95. The molecule has 1 aliphatic rings. The molecule has 0 radical (unpaired) electrons. The third kappa shape index (κ3) is 3.06. The number of rotatable bonds is 5. The van der Waals surface area contributed by atoms with E-state index in [0.29, 0.717) is 25.1 Å². The van der Waals surface area contributed by atoms with Crippen molar-refractivity contribution in [2.24, 2.45) is 7.05 Å². The van der Waals surface area contributed by atoms with Crippen LogP contribution in [0.1, 0.15) is 41.1 Å². The SMILES string of the molecule is Cc1c(C(=O)NCCCn2nc3n(c2=O)CCCC3)cnn1C. The van der Waals surface area contributed by atoms with Gasteiger partial charge in [0.15, 0.2) is 0 Å². The number of carbonyl (C=O) groups is 1. The first-order chi connectivity index (χ1) is 11.1. The molecular weight excluding hydrogens is 296 g/mol. The normalized spacial score (nSPS) is 13.8. The number of amides is 1. The Kier molecular flexibility index (Phi) is 4.31. The fraction of sp³-hybridized carbons (Fsp3) is 0.600. The molecule has 0 unspecified atom stereocenters. The predicted octanol–water partition coefficient (Wildman–Crippen LogP) is 0.243. The molecule has 1 N–H and O–H groups in total. The number of nitrogens with one attached hydrogen (secondary N) is 1. The van der Waals surface area contributed by atoms with Gasteiger partial charge in [0.05, 0.1) is 11.8 Å². The molecule has 0 saturated carbocycles. The number of hydrogen-bond donors (Lipinski definition) is 1. The van der Waals surface area contributed by atoms with Crippen molar-refractivity contribution >= 4 is 5.91 Å². The fourth-order valence-electron chi connectivity index (χ4n) is 2.84. The van der Waals surface area contributed by atoms with Crippen LogP contribution in [0.15, 0.2) is 11.0 Å². The summed E-state index contributed by atoms with van der Waals surface area (Å²) in [4.78, 5) is 24.2. The maximum Gasteiger partial charge on any atom is 0.345 e. The molecule has 3 rings (SSSR count). The van der Waals surface area contributed by atoms with E-state index in [0.717, 1.165) is 37.3 Å². The molecule has 2 aromatic heterocycles. The molecule has 8 nitrogen and oxygen atoms in total. The van der Waals surface area contributed by atoms with Gasteiger partial charge in [-0.1, -0.05) is 0 Å². The third-order valence-corrected chi connectivity index (χ3v) is 4.34. The van der Waals surface area contributed by atoms with Gasteiger partial charge in [0.25, 0.3) is 5.91 Å². The molecule has 0 fully saturated rings. The van der Waals surface area contributed by atoms with E-state index in [2.05, 4.69) is 15.5 Å². The van der Waals surface area contributed by atoms with E-state index in [1.54, 1.807) is 22.5 Å². The summed E-state index contributed by atoms with van der Waals surface area (Å²) >= 11 is 0. The van der Waals surface area contributed by atoms with Gasteiger partial charge < -0.3 is 5.32 Å². The zero-order chi connectivity index (χ0) is 16.4. The van der Waals surface area contributed by atoms with E-state index in [1.807, 2.05) is 6.92 Å². The Morgan fingerprint density at radius 3 is 2.91 bits per heavy atom. The minimum atomic E-state index is -0.132. The second-order valence-electron chi connectivity index (χ2n) is 5.91. The Balaban J connectivity index is 1.52. The van der Waals surface area contributed by atoms with Crippen LogP contribution in [0.4, 0.5) is 0 Å². The van der Waals surface area contributed by atoms with E-state index < -0.39 is 0 Å². The molecule has 0 bridgehead atoms. The molecule has 0 atom stereocenters. The van der Waals surface area contributed by atoms with Crippen molar-refractivity contribution in [3.63, 3.8) is 0 Å². The van der Waals surface area contributed by atoms with Gasteiger partial charge in [-0.25, -0.2) is 9.48 Å². The number of hydrogen-bond acceptors (Lipinski definition) is 4. The topological polar surface area (TPSA) is 86.7 Å². The van der Waals surface area contributed by atoms with Gasteiger partial charge in [-0.05, 0) is 26.2 Å². The summed E-state index contributed by atoms with van der Waals surface area (Å²) in [6.45, 7) is 3.65. The van der Waals surface area contributed by atoms with Gasteiger partial charge in [-0.2, -0.15) is 10.2 Å². The van der Waals surface area contributed by atoms with Crippen LogP contribution in [0.3, 0.4) is 0 Å². The van der Waals surface area contributed by atoms with E-state index in [1.165, 1.54) is 4.68 Å². The van der Waals surface area contributed by atoms with Crippen molar-refractivity contribution in [1.29, 1.82) is 0 Å². The highest BCUT2D eigenvalue weighted by molar-refractivity contribution is 5.94. The smallest absolute Gasteiger partial charge is 0.345 e. The Hall–Kier alpha value is -2.38. The molecule has 1 amide bonds. The zero-order valence-electron chi connectivity index (χ0n) is 13.6. The Morgan fingerprint density at radius 1 is 1.39 bits per heavy atom. The van der Waals surface area contributed by atoms with Gasteiger partial charge in [-0.3, -0.25) is 14.0 Å².